The van der Waals surface area contributed by atoms with Gasteiger partial charge in [-0.15, -0.1) is 0 Å². The van der Waals surface area contributed by atoms with Gasteiger partial charge in [0.1, 0.15) is 0 Å². The van der Waals surface area contributed by atoms with E-state index in [4.69, 9.17) is 16.7 Å². The van der Waals surface area contributed by atoms with Crippen LogP contribution in [0.1, 0.15) is 5.56 Å². The fraction of sp³-hybridized carbons (Fsp3) is 0.100. The molecule has 66 valence electrons. The van der Waals surface area contributed by atoms with E-state index >= 15 is 0 Å². The Labute approximate surface area is 81.2 Å². The smallest absolute Gasteiger partial charge is 0.223 e. The topological polar surface area (TPSA) is 28.9 Å². The van der Waals surface area contributed by atoms with Crippen LogP contribution in [-0.2, 0) is 0 Å². The zero-order valence-electron chi connectivity index (χ0n) is 7.20. The van der Waals surface area contributed by atoms with Gasteiger partial charge in [-0.2, -0.15) is 0 Å². The van der Waals surface area contributed by atoms with Crippen LogP contribution in [0.5, 0.6) is 0 Å². The molecule has 0 aliphatic heterocycles. The van der Waals surface area contributed by atoms with Gasteiger partial charge in [-0.1, -0.05) is 30.3 Å². The van der Waals surface area contributed by atoms with Gasteiger partial charge in [0.05, 0.1) is 5.69 Å². The molecule has 0 radical (unpaired) electrons. The maximum atomic E-state index is 5.04. The highest BCUT2D eigenvalue weighted by Gasteiger charge is 2.05. The molecule has 0 fully saturated rings. The lowest BCUT2D eigenvalue weighted by atomic mass is 10.1. The molecule has 2 rings (SSSR count). The Bertz CT molecular complexity index is 455. The molecule has 0 bridgehead atoms. The minimum Gasteiger partial charge on any atom is -0.370 e. The molecule has 13 heavy (non-hydrogen) atoms. The molecular weight excluding hydrogens is 182 g/mol. The molecule has 0 saturated carbocycles. The fourth-order valence-corrected chi connectivity index (χ4v) is 1.38. The largest absolute Gasteiger partial charge is 0.370 e. The van der Waals surface area contributed by atoms with Gasteiger partial charge in [-0.25, -0.2) is 5.16 Å². The van der Waals surface area contributed by atoms with Gasteiger partial charge < -0.3 is 4.52 Å². The summed E-state index contributed by atoms with van der Waals surface area (Å²) in [7, 11) is 0. The summed E-state index contributed by atoms with van der Waals surface area (Å²) in [4.78, 5) is 0. The van der Waals surface area contributed by atoms with Crippen LogP contribution in [0.25, 0.3) is 11.3 Å². The zero-order chi connectivity index (χ0) is 9.26. The Morgan fingerprint density at radius 2 is 1.92 bits per heavy atom. The Morgan fingerprint density at radius 1 is 1.23 bits per heavy atom. The van der Waals surface area contributed by atoms with Crippen molar-refractivity contribution >= 4 is 12.2 Å². The normalized spacial score (nSPS) is 10.2. The summed E-state index contributed by atoms with van der Waals surface area (Å²) in [6.45, 7) is 1.95. The van der Waals surface area contributed by atoms with E-state index in [9.17, 15) is 0 Å². The van der Waals surface area contributed by atoms with Crippen molar-refractivity contribution in [2.75, 3.05) is 0 Å². The zero-order valence-corrected chi connectivity index (χ0v) is 8.02. The van der Waals surface area contributed by atoms with Gasteiger partial charge in [0.2, 0.25) is 4.71 Å². The van der Waals surface area contributed by atoms with Crippen molar-refractivity contribution in [3.05, 3.63) is 40.6 Å². The average molecular weight is 191 g/mol. The molecule has 0 atom stereocenters. The molecule has 3 heteroatoms. The van der Waals surface area contributed by atoms with Crippen LogP contribution in [-0.4, -0.2) is 5.16 Å². The number of hydrogen-bond acceptors (Lipinski definition) is 2. The molecule has 0 amide bonds. The number of benzene rings is 1. The summed E-state index contributed by atoms with van der Waals surface area (Å²) >= 11 is 4.98. The predicted molar refractivity (Wildman–Crippen MR) is 54.1 cm³/mol. The maximum Gasteiger partial charge on any atom is 0.223 e. The van der Waals surface area contributed by atoms with Crippen molar-refractivity contribution in [3.63, 3.8) is 0 Å². The standard InChI is InChI=1S/C10H9NOS/c1-7-9(11-12-10(7)13)8-5-3-2-4-6-8/h2-6,11H,1H3. The lowest BCUT2D eigenvalue weighted by molar-refractivity contribution is 0.410. The number of aromatic nitrogens is 1. The molecule has 1 N–H and O–H groups in total. The monoisotopic (exact) mass is 191 g/mol. The third kappa shape index (κ3) is 1.42. The van der Waals surface area contributed by atoms with Gasteiger partial charge in [-0.3, -0.25) is 0 Å². The van der Waals surface area contributed by atoms with Crippen molar-refractivity contribution in [1.82, 2.24) is 5.16 Å². The minimum absolute atomic E-state index is 0.527. The number of H-pyrrole nitrogens is 1. The van der Waals surface area contributed by atoms with Crippen LogP contribution in [0.3, 0.4) is 0 Å². The van der Waals surface area contributed by atoms with Crippen LogP contribution in [0.4, 0.5) is 0 Å². The van der Waals surface area contributed by atoms with E-state index in [-0.39, 0.29) is 0 Å². The van der Waals surface area contributed by atoms with Crippen LogP contribution in [0, 0.1) is 11.6 Å². The summed E-state index contributed by atoms with van der Waals surface area (Å²) in [6.07, 6.45) is 0. The lowest BCUT2D eigenvalue weighted by Crippen LogP contribution is -1.78. The number of nitrogens with one attached hydrogen (secondary N) is 1. The van der Waals surface area contributed by atoms with Crippen molar-refractivity contribution in [3.8, 4) is 11.3 Å². The number of hydrogen-bond donors (Lipinski definition) is 1. The van der Waals surface area contributed by atoms with E-state index < -0.39 is 0 Å². The molecule has 0 unspecified atom stereocenters. The molecule has 0 aliphatic rings. The summed E-state index contributed by atoms with van der Waals surface area (Å²) < 4.78 is 5.57. The van der Waals surface area contributed by atoms with E-state index in [1.165, 1.54) is 0 Å². The molecule has 0 spiro atoms. The summed E-state index contributed by atoms with van der Waals surface area (Å²) in [6, 6.07) is 9.98. The Hall–Kier alpha value is -1.35. The van der Waals surface area contributed by atoms with Crippen LogP contribution >= 0.6 is 12.2 Å². The number of aromatic amines is 1. The van der Waals surface area contributed by atoms with Gasteiger partial charge >= 0.3 is 0 Å². The molecule has 1 aromatic carbocycles. The third-order valence-electron chi connectivity index (χ3n) is 1.99. The first kappa shape index (κ1) is 8.26. The second-order valence-electron chi connectivity index (χ2n) is 2.86. The molecule has 2 aromatic rings. The molecule has 0 saturated heterocycles. The maximum absolute atomic E-state index is 5.04. The quantitative estimate of drug-likeness (QED) is 0.700. The van der Waals surface area contributed by atoms with E-state index in [2.05, 4.69) is 5.16 Å². The fourth-order valence-electron chi connectivity index (χ4n) is 1.23. The van der Waals surface area contributed by atoms with E-state index in [1.807, 2.05) is 37.3 Å². The molecular formula is C10H9NOS. The SMILES string of the molecule is Cc1c(-c2ccccc2)[nH]oc1=S. The average Bonchev–Trinajstić information content (AvgIpc) is 2.49. The van der Waals surface area contributed by atoms with Gasteiger partial charge in [0.15, 0.2) is 0 Å². The highest BCUT2D eigenvalue weighted by atomic mass is 32.1. The minimum atomic E-state index is 0.527. The molecule has 1 heterocycles. The summed E-state index contributed by atoms with van der Waals surface area (Å²) in [5.74, 6) is 0. The first-order valence-corrected chi connectivity index (χ1v) is 4.43. The Balaban J connectivity index is 2.60. The van der Waals surface area contributed by atoms with E-state index in [0.29, 0.717) is 4.71 Å². The predicted octanol–water partition coefficient (Wildman–Crippen LogP) is 3.31. The van der Waals surface area contributed by atoms with Gasteiger partial charge in [0.25, 0.3) is 0 Å². The summed E-state index contributed by atoms with van der Waals surface area (Å²) in [5, 5.41) is 2.81. The lowest BCUT2D eigenvalue weighted by Gasteiger charge is -1.95. The molecule has 0 aliphatic carbocycles. The van der Waals surface area contributed by atoms with Gasteiger partial charge in [0, 0.05) is 11.1 Å². The van der Waals surface area contributed by atoms with Gasteiger partial charge in [-0.05, 0) is 19.1 Å². The Morgan fingerprint density at radius 3 is 2.46 bits per heavy atom. The van der Waals surface area contributed by atoms with Crippen molar-refractivity contribution < 1.29 is 4.52 Å². The second kappa shape index (κ2) is 3.18. The molecule has 1 aromatic heterocycles. The first-order valence-electron chi connectivity index (χ1n) is 4.02. The Kier molecular flexibility index (Phi) is 2.02. The highest BCUT2D eigenvalue weighted by Crippen LogP contribution is 2.21. The van der Waals surface area contributed by atoms with Crippen LogP contribution in [0.15, 0.2) is 34.9 Å². The first-order chi connectivity index (χ1) is 6.29. The van der Waals surface area contributed by atoms with Crippen LogP contribution in [0.2, 0.25) is 0 Å². The second-order valence-corrected chi connectivity index (χ2v) is 3.23. The molecule has 2 nitrogen and oxygen atoms in total. The van der Waals surface area contributed by atoms with Crippen molar-refractivity contribution in [2.24, 2.45) is 0 Å². The van der Waals surface area contributed by atoms with Crippen molar-refractivity contribution in [1.29, 1.82) is 0 Å². The summed E-state index contributed by atoms with van der Waals surface area (Å²) in [5.41, 5.74) is 3.05. The van der Waals surface area contributed by atoms with E-state index in [1.54, 1.807) is 0 Å². The number of rotatable bonds is 1. The highest BCUT2D eigenvalue weighted by molar-refractivity contribution is 7.71. The third-order valence-corrected chi connectivity index (χ3v) is 2.38. The van der Waals surface area contributed by atoms with Crippen molar-refractivity contribution in [2.45, 2.75) is 6.92 Å². The van der Waals surface area contributed by atoms with Crippen LogP contribution < -0.4 is 0 Å². The van der Waals surface area contributed by atoms with E-state index in [0.717, 1.165) is 16.8 Å².